The summed E-state index contributed by atoms with van der Waals surface area (Å²) in [6.45, 7) is 4.17. The average Bonchev–Trinajstić information content (AvgIpc) is 2.99. The van der Waals surface area contributed by atoms with Crippen molar-refractivity contribution in [1.82, 2.24) is 0 Å². The van der Waals surface area contributed by atoms with E-state index in [1.165, 1.54) is 16.9 Å². The molecule has 3 rings (SSSR count). The number of thioether (sulfide) groups is 1. The molecule has 0 spiro atoms. The average molecular weight is 479 g/mol. The Labute approximate surface area is 184 Å². The Bertz CT molecular complexity index is 929. The number of nitrogens with two attached hydrogens (primary N) is 1. The topological polar surface area (TPSA) is 56.2 Å². The van der Waals surface area contributed by atoms with E-state index < -0.39 is 0 Å². The highest BCUT2D eigenvalue weighted by atomic mass is 79.9. The quantitative estimate of drug-likeness (QED) is 0.317. The Morgan fingerprint density at radius 2 is 1.96 bits per heavy atom. The van der Waals surface area contributed by atoms with Crippen molar-refractivity contribution >= 4 is 34.8 Å². The maximum Gasteiger partial charge on any atom is 0.350 e. The summed E-state index contributed by atoms with van der Waals surface area (Å²) in [5, 5.41) is 0. The number of anilines is 1. The van der Waals surface area contributed by atoms with Crippen molar-refractivity contribution in [3.8, 4) is 5.69 Å². The second-order valence-corrected chi connectivity index (χ2v) is 8.46. The second-order valence-electron chi connectivity index (χ2n) is 6.07. The third-order valence-electron chi connectivity index (χ3n) is 4.02. The molecule has 0 saturated carbocycles. The first-order valence-corrected chi connectivity index (χ1v) is 10.6. The molecule has 0 amide bonds. The molecule has 1 aromatic carbocycles. The van der Waals surface area contributed by atoms with Gasteiger partial charge in [0.15, 0.2) is 12.4 Å². The summed E-state index contributed by atoms with van der Waals surface area (Å²) in [5.74, 6) is 0.551. The number of halogens is 1. The molecule has 28 heavy (non-hydrogen) atoms. The fourth-order valence-corrected chi connectivity index (χ4v) is 5.20. The van der Waals surface area contributed by atoms with Crippen molar-refractivity contribution in [2.24, 2.45) is 0 Å². The van der Waals surface area contributed by atoms with Crippen LogP contribution in [0.1, 0.15) is 27.7 Å². The molecule has 0 aliphatic rings. The summed E-state index contributed by atoms with van der Waals surface area (Å²) >= 11 is 3.14. The Hall–Kier alpha value is -1.83. The number of hydrogen-bond donors (Lipinski definition) is 1. The number of ether oxygens (including phenoxy) is 1. The third-order valence-corrected chi connectivity index (χ3v) is 6.46. The lowest BCUT2D eigenvalue weighted by Crippen LogP contribution is -3.00. The first-order chi connectivity index (χ1) is 13.1. The van der Waals surface area contributed by atoms with Crippen molar-refractivity contribution in [1.29, 1.82) is 0 Å². The molecule has 0 aliphatic carbocycles. The molecule has 0 bridgehead atoms. The molecule has 0 fully saturated rings. The van der Waals surface area contributed by atoms with E-state index in [2.05, 4.69) is 24.3 Å². The van der Waals surface area contributed by atoms with Gasteiger partial charge in [-0.2, -0.15) is 4.57 Å². The predicted molar refractivity (Wildman–Crippen MR) is 112 cm³/mol. The first-order valence-electron chi connectivity index (χ1n) is 8.84. The molecule has 7 heteroatoms. The highest BCUT2D eigenvalue weighted by molar-refractivity contribution is 8.01. The highest BCUT2D eigenvalue weighted by Crippen LogP contribution is 2.39. The summed E-state index contributed by atoms with van der Waals surface area (Å²) < 4.78 is 8.21. The number of benzene rings is 1. The van der Waals surface area contributed by atoms with E-state index in [1.54, 1.807) is 18.7 Å². The van der Waals surface area contributed by atoms with Gasteiger partial charge in [0.05, 0.1) is 6.61 Å². The first kappa shape index (κ1) is 22.5. The van der Waals surface area contributed by atoms with Gasteiger partial charge in [0, 0.05) is 17.4 Å². The van der Waals surface area contributed by atoms with E-state index in [4.69, 9.17) is 10.5 Å². The Balaban J connectivity index is 0.00000280. The van der Waals surface area contributed by atoms with Gasteiger partial charge in [-0.15, -0.1) is 23.1 Å². The molecule has 0 unspecified atom stereocenters. The predicted octanol–water partition coefficient (Wildman–Crippen LogP) is 1.43. The number of rotatable bonds is 7. The number of nitrogen functional groups attached to an aromatic ring is 1. The number of carbonyl (C=O) groups excluding carboxylic acids is 1. The summed E-state index contributed by atoms with van der Waals surface area (Å²) in [7, 11) is 0. The van der Waals surface area contributed by atoms with Crippen molar-refractivity contribution in [2.75, 3.05) is 18.1 Å². The maximum absolute atomic E-state index is 12.3. The number of aryl methyl sites for hydroxylation is 2. The van der Waals surface area contributed by atoms with Gasteiger partial charge in [-0.25, -0.2) is 4.79 Å². The fraction of sp³-hybridized carbons (Fsp3) is 0.238. The van der Waals surface area contributed by atoms with Gasteiger partial charge in [0.1, 0.15) is 14.8 Å². The van der Waals surface area contributed by atoms with Gasteiger partial charge in [0.2, 0.25) is 0 Å². The number of esters is 1. The van der Waals surface area contributed by atoms with E-state index in [0.29, 0.717) is 17.2 Å². The Morgan fingerprint density at radius 1 is 1.21 bits per heavy atom. The van der Waals surface area contributed by atoms with Gasteiger partial charge in [-0.1, -0.05) is 30.3 Å². The zero-order valence-corrected chi connectivity index (χ0v) is 19.1. The number of pyridine rings is 1. The molecule has 2 N–H and O–H groups in total. The molecule has 0 radical (unpaired) electrons. The van der Waals surface area contributed by atoms with Crippen LogP contribution in [0.2, 0.25) is 0 Å². The number of thiophene rings is 1. The number of hydrogen-bond acceptors (Lipinski definition) is 5. The van der Waals surface area contributed by atoms with Crippen LogP contribution in [0.3, 0.4) is 0 Å². The van der Waals surface area contributed by atoms with E-state index in [9.17, 15) is 4.79 Å². The van der Waals surface area contributed by atoms with Crippen LogP contribution in [0, 0.1) is 6.92 Å². The third kappa shape index (κ3) is 5.37. The number of carbonyl (C=O) groups is 1. The van der Waals surface area contributed by atoms with Crippen LogP contribution in [-0.2, 0) is 11.2 Å². The molecule has 3 aromatic rings. The van der Waals surface area contributed by atoms with Gasteiger partial charge in [-0.3, -0.25) is 0 Å². The minimum Gasteiger partial charge on any atom is -1.00 e. The zero-order chi connectivity index (χ0) is 19.2. The number of aromatic nitrogens is 1. The Kier molecular flexibility index (Phi) is 8.54. The lowest BCUT2D eigenvalue weighted by atomic mass is 10.2. The van der Waals surface area contributed by atoms with Gasteiger partial charge in [-0.05, 0) is 31.9 Å². The molecule has 0 saturated heterocycles. The minimum absolute atomic E-state index is 0. The van der Waals surface area contributed by atoms with Crippen LogP contribution in [-0.4, -0.2) is 18.3 Å². The molecule has 148 valence electrons. The zero-order valence-electron chi connectivity index (χ0n) is 15.9. The molecule has 2 heterocycles. The van der Waals surface area contributed by atoms with Crippen LogP contribution in [0.5, 0.6) is 0 Å². The van der Waals surface area contributed by atoms with Gasteiger partial charge >= 0.3 is 5.97 Å². The van der Waals surface area contributed by atoms with Gasteiger partial charge < -0.3 is 27.5 Å². The number of nitrogens with zero attached hydrogens (tertiary/aromatic N) is 1. The molecule has 4 nitrogen and oxygen atoms in total. The van der Waals surface area contributed by atoms with E-state index in [-0.39, 0.29) is 23.0 Å². The molecule has 2 aromatic heterocycles. The standard InChI is InChI=1S/C21H22N2O2S2.BrH/c1-3-25-20(24)19-17(22)18(23-12-7-8-15(2)14-23)21(27-19)26-13-11-16-9-5-4-6-10-16;/h4-10,12,14H,3,11,13H2,1-2H3,(H-,22,24);1H. The van der Waals surface area contributed by atoms with Crippen molar-refractivity contribution in [3.63, 3.8) is 0 Å². The molecule has 0 atom stereocenters. The normalized spacial score (nSPS) is 10.4. The summed E-state index contributed by atoms with van der Waals surface area (Å²) in [5.41, 5.74) is 10.1. The largest absolute Gasteiger partial charge is 1.00 e. The van der Waals surface area contributed by atoms with Crippen LogP contribution in [0.25, 0.3) is 5.69 Å². The van der Waals surface area contributed by atoms with Crippen LogP contribution >= 0.6 is 23.1 Å². The van der Waals surface area contributed by atoms with E-state index in [0.717, 1.165) is 27.6 Å². The van der Waals surface area contributed by atoms with Crippen LogP contribution < -0.4 is 27.3 Å². The van der Waals surface area contributed by atoms with Crippen molar-refractivity contribution in [3.05, 3.63) is 70.9 Å². The van der Waals surface area contributed by atoms with E-state index >= 15 is 0 Å². The molecular weight excluding hydrogens is 456 g/mol. The lowest BCUT2D eigenvalue weighted by Gasteiger charge is -2.02. The SMILES string of the molecule is CCOC(=O)c1sc(SCCc2ccccc2)c(-[n+]2cccc(C)c2)c1N.[Br-]. The van der Waals surface area contributed by atoms with E-state index in [1.807, 2.05) is 42.1 Å². The summed E-state index contributed by atoms with van der Waals surface area (Å²) in [6.07, 6.45) is 4.94. The van der Waals surface area contributed by atoms with Crippen LogP contribution in [0.4, 0.5) is 5.69 Å². The smallest absolute Gasteiger partial charge is 0.350 e. The maximum atomic E-state index is 12.3. The molecule has 0 aliphatic heterocycles. The minimum atomic E-state index is -0.357. The van der Waals surface area contributed by atoms with Crippen molar-refractivity contribution in [2.45, 2.75) is 24.5 Å². The van der Waals surface area contributed by atoms with Crippen LogP contribution in [0.15, 0.2) is 59.1 Å². The second kappa shape index (κ2) is 10.6. The Morgan fingerprint density at radius 3 is 2.64 bits per heavy atom. The molecular formula is C21H23BrN2O2S2. The summed E-state index contributed by atoms with van der Waals surface area (Å²) in [4.78, 5) is 12.8. The fourth-order valence-electron chi connectivity index (χ4n) is 2.74. The van der Waals surface area contributed by atoms with Crippen molar-refractivity contribution < 1.29 is 31.1 Å². The highest BCUT2D eigenvalue weighted by Gasteiger charge is 2.28. The summed E-state index contributed by atoms with van der Waals surface area (Å²) in [6, 6.07) is 14.4. The lowest BCUT2D eigenvalue weighted by molar-refractivity contribution is -0.597. The monoisotopic (exact) mass is 478 g/mol. The van der Waals surface area contributed by atoms with Gasteiger partial charge in [0.25, 0.3) is 5.69 Å².